The molecule has 0 bridgehead atoms. The Morgan fingerprint density at radius 1 is 1.11 bits per heavy atom. The lowest BCUT2D eigenvalue weighted by molar-refractivity contribution is 0.0706. The van der Waals surface area contributed by atoms with Gasteiger partial charge in [0.1, 0.15) is 11.6 Å². The average molecular weight is 361 g/mol. The zero-order valence-electron chi connectivity index (χ0n) is 15.0. The summed E-state index contributed by atoms with van der Waals surface area (Å²) in [5.41, 5.74) is 4.68. The van der Waals surface area contributed by atoms with Crippen LogP contribution < -0.4 is 10.2 Å². The van der Waals surface area contributed by atoms with Crippen LogP contribution in [0.3, 0.4) is 0 Å². The number of methoxy groups -OCH3 is 1. The molecule has 0 aliphatic rings. The molecule has 1 heterocycles. The van der Waals surface area contributed by atoms with Crippen LogP contribution >= 0.6 is 0 Å². The number of carbonyl (C=O) groups is 1. The maximum atomic E-state index is 11.6. The molecule has 4 rings (SSSR count). The number of aromatic amines is 1. The summed E-state index contributed by atoms with van der Waals surface area (Å²) in [6.45, 7) is 2.09. The Balaban J connectivity index is 1.70. The molecule has 0 fully saturated rings. The molecule has 6 nitrogen and oxygen atoms in total. The van der Waals surface area contributed by atoms with Gasteiger partial charge in [-0.25, -0.2) is 10.5 Å². The van der Waals surface area contributed by atoms with Gasteiger partial charge in [0, 0.05) is 11.5 Å². The number of H-pyrrole nitrogens is 1. The van der Waals surface area contributed by atoms with E-state index in [-0.39, 0.29) is 5.92 Å². The van der Waals surface area contributed by atoms with Crippen LogP contribution in [-0.4, -0.2) is 28.2 Å². The van der Waals surface area contributed by atoms with Gasteiger partial charge in [-0.1, -0.05) is 31.2 Å². The van der Waals surface area contributed by atoms with Crippen LogP contribution in [0.2, 0.25) is 0 Å². The fourth-order valence-corrected chi connectivity index (χ4v) is 3.24. The number of amides is 1. The van der Waals surface area contributed by atoms with E-state index >= 15 is 0 Å². The van der Waals surface area contributed by atoms with Crippen molar-refractivity contribution in [2.24, 2.45) is 0 Å². The van der Waals surface area contributed by atoms with Gasteiger partial charge in [-0.3, -0.25) is 10.0 Å². The van der Waals surface area contributed by atoms with Gasteiger partial charge >= 0.3 is 0 Å². The summed E-state index contributed by atoms with van der Waals surface area (Å²) >= 11 is 0. The van der Waals surface area contributed by atoms with Gasteiger partial charge in [-0.15, -0.1) is 0 Å². The molecular formula is C21H19N3O3. The van der Waals surface area contributed by atoms with Gasteiger partial charge in [-0.2, -0.15) is 0 Å². The topological polar surface area (TPSA) is 87.2 Å². The molecular weight excluding hydrogens is 342 g/mol. The van der Waals surface area contributed by atoms with Gasteiger partial charge in [0.25, 0.3) is 5.91 Å². The molecule has 0 aliphatic carbocycles. The highest BCUT2D eigenvalue weighted by atomic mass is 16.5. The maximum Gasteiger partial charge on any atom is 0.274 e. The van der Waals surface area contributed by atoms with Crippen molar-refractivity contribution in [3.63, 3.8) is 0 Å². The SMILES string of the molecule is COc1ccc2cc([C@H](C)c3nc4ccc(C(=O)NO)cc4[nH]3)ccc2c1. The highest BCUT2D eigenvalue weighted by Crippen LogP contribution is 2.29. The highest BCUT2D eigenvalue weighted by Gasteiger charge is 2.15. The van der Waals surface area contributed by atoms with E-state index in [0.717, 1.165) is 38.9 Å². The number of fused-ring (bicyclic) bond motifs is 2. The van der Waals surface area contributed by atoms with Gasteiger partial charge in [0.15, 0.2) is 0 Å². The van der Waals surface area contributed by atoms with Crippen molar-refractivity contribution in [2.45, 2.75) is 12.8 Å². The summed E-state index contributed by atoms with van der Waals surface area (Å²) in [5.74, 6) is 1.16. The third kappa shape index (κ3) is 3.11. The number of carbonyl (C=O) groups excluding carboxylic acids is 1. The van der Waals surface area contributed by atoms with Gasteiger partial charge in [0.2, 0.25) is 0 Å². The molecule has 136 valence electrons. The number of imidazole rings is 1. The summed E-state index contributed by atoms with van der Waals surface area (Å²) in [7, 11) is 1.66. The molecule has 0 saturated carbocycles. The fraction of sp³-hybridized carbons (Fsp3) is 0.143. The summed E-state index contributed by atoms with van der Waals surface area (Å²) in [4.78, 5) is 19.5. The minimum atomic E-state index is -0.550. The number of hydrogen-bond donors (Lipinski definition) is 3. The highest BCUT2D eigenvalue weighted by molar-refractivity contribution is 5.96. The minimum absolute atomic E-state index is 0.0546. The summed E-state index contributed by atoms with van der Waals surface area (Å²) < 4.78 is 5.28. The zero-order chi connectivity index (χ0) is 19.0. The van der Waals surface area contributed by atoms with E-state index in [1.165, 1.54) is 0 Å². The first kappa shape index (κ1) is 17.1. The Bertz CT molecular complexity index is 1150. The number of rotatable bonds is 4. The molecule has 3 N–H and O–H groups in total. The van der Waals surface area contributed by atoms with E-state index in [9.17, 15) is 4.79 Å². The van der Waals surface area contributed by atoms with Crippen molar-refractivity contribution in [3.05, 3.63) is 71.5 Å². The molecule has 0 saturated heterocycles. The fourth-order valence-electron chi connectivity index (χ4n) is 3.24. The Labute approximate surface area is 155 Å². The Hall–Kier alpha value is -3.38. The maximum absolute atomic E-state index is 11.6. The first-order valence-electron chi connectivity index (χ1n) is 8.61. The number of aromatic nitrogens is 2. The molecule has 4 aromatic rings. The predicted octanol–water partition coefficient (Wildman–Crippen LogP) is 4.00. The Kier molecular flexibility index (Phi) is 4.25. The summed E-state index contributed by atoms with van der Waals surface area (Å²) in [6.07, 6.45) is 0. The number of nitrogens with zero attached hydrogens (tertiary/aromatic N) is 1. The molecule has 3 aromatic carbocycles. The smallest absolute Gasteiger partial charge is 0.274 e. The van der Waals surface area contributed by atoms with Crippen LogP contribution in [-0.2, 0) is 0 Å². The minimum Gasteiger partial charge on any atom is -0.497 e. The first-order valence-corrected chi connectivity index (χ1v) is 8.61. The molecule has 1 atom stereocenters. The lowest BCUT2D eigenvalue weighted by Gasteiger charge is -2.11. The molecule has 6 heteroatoms. The lowest BCUT2D eigenvalue weighted by Crippen LogP contribution is -2.18. The number of hydroxylamine groups is 1. The van der Waals surface area contributed by atoms with E-state index < -0.39 is 5.91 Å². The first-order chi connectivity index (χ1) is 13.1. The van der Waals surface area contributed by atoms with Crippen molar-refractivity contribution in [1.82, 2.24) is 15.4 Å². The van der Waals surface area contributed by atoms with E-state index in [0.29, 0.717) is 5.56 Å². The molecule has 0 unspecified atom stereocenters. The van der Waals surface area contributed by atoms with Crippen LogP contribution in [0.4, 0.5) is 0 Å². The largest absolute Gasteiger partial charge is 0.497 e. The van der Waals surface area contributed by atoms with E-state index in [1.54, 1.807) is 30.8 Å². The molecule has 1 amide bonds. The van der Waals surface area contributed by atoms with Crippen LogP contribution in [0.25, 0.3) is 21.8 Å². The lowest BCUT2D eigenvalue weighted by atomic mass is 9.97. The summed E-state index contributed by atoms with van der Waals surface area (Å²) in [5, 5.41) is 11.0. The third-order valence-corrected chi connectivity index (χ3v) is 4.85. The van der Waals surface area contributed by atoms with Gasteiger partial charge < -0.3 is 9.72 Å². The van der Waals surface area contributed by atoms with Crippen LogP contribution in [0.5, 0.6) is 5.75 Å². The monoisotopic (exact) mass is 361 g/mol. The van der Waals surface area contributed by atoms with Gasteiger partial charge in [0.05, 0.1) is 18.1 Å². The number of ether oxygens (including phenoxy) is 1. The Morgan fingerprint density at radius 3 is 2.67 bits per heavy atom. The van der Waals surface area contributed by atoms with Crippen LogP contribution in [0, 0.1) is 0 Å². The molecule has 0 radical (unpaired) electrons. The third-order valence-electron chi connectivity index (χ3n) is 4.85. The Morgan fingerprint density at radius 2 is 1.89 bits per heavy atom. The van der Waals surface area contributed by atoms with Crippen molar-refractivity contribution >= 4 is 27.7 Å². The van der Waals surface area contributed by atoms with E-state index in [2.05, 4.69) is 35.1 Å². The van der Waals surface area contributed by atoms with Crippen molar-refractivity contribution in [3.8, 4) is 5.75 Å². The van der Waals surface area contributed by atoms with Crippen molar-refractivity contribution in [1.29, 1.82) is 0 Å². The van der Waals surface area contributed by atoms with Crippen molar-refractivity contribution in [2.75, 3.05) is 7.11 Å². The molecule has 1 aromatic heterocycles. The van der Waals surface area contributed by atoms with E-state index in [1.807, 2.05) is 18.2 Å². The average Bonchev–Trinajstić information content (AvgIpc) is 3.15. The standard InChI is InChI=1S/C21H19N3O3/c1-12(13-3-4-15-10-17(27-2)7-5-14(15)9-13)20-22-18-8-6-16(21(25)24-26)11-19(18)23-20/h3-12,26H,1-2H3,(H,22,23)(H,24,25)/t12-/m0/s1. The molecule has 0 spiro atoms. The molecule has 27 heavy (non-hydrogen) atoms. The van der Waals surface area contributed by atoms with Crippen molar-refractivity contribution < 1.29 is 14.7 Å². The quantitative estimate of drug-likeness (QED) is 0.379. The number of nitrogens with one attached hydrogen (secondary N) is 2. The number of benzene rings is 3. The van der Waals surface area contributed by atoms with Crippen LogP contribution in [0.1, 0.15) is 34.6 Å². The second kappa shape index (κ2) is 6.74. The van der Waals surface area contributed by atoms with Crippen LogP contribution in [0.15, 0.2) is 54.6 Å². The second-order valence-corrected chi connectivity index (χ2v) is 6.49. The number of hydrogen-bond acceptors (Lipinski definition) is 4. The molecule has 0 aliphatic heterocycles. The zero-order valence-corrected chi connectivity index (χ0v) is 15.0. The van der Waals surface area contributed by atoms with E-state index in [4.69, 9.17) is 9.94 Å². The predicted molar refractivity (Wildman–Crippen MR) is 103 cm³/mol. The van der Waals surface area contributed by atoms with Gasteiger partial charge in [-0.05, 0) is 46.7 Å². The second-order valence-electron chi connectivity index (χ2n) is 6.49. The normalized spacial score (nSPS) is 12.3. The summed E-state index contributed by atoms with van der Waals surface area (Å²) in [6, 6.07) is 17.4.